The van der Waals surface area contributed by atoms with Gasteiger partial charge in [0.2, 0.25) is 0 Å². The Hall–Kier alpha value is -1.71. The molecule has 0 unspecified atom stereocenters. The smallest absolute Gasteiger partial charge is 0.317 e. The molecule has 4 aliphatic carbocycles. The molecule has 4 heteroatoms. The van der Waals surface area contributed by atoms with Crippen molar-refractivity contribution in [2.75, 3.05) is 25.0 Å². The van der Waals surface area contributed by atoms with Crippen molar-refractivity contribution in [1.82, 2.24) is 10.2 Å². The Bertz CT molecular complexity index is 669. The van der Waals surface area contributed by atoms with E-state index in [4.69, 9.17) is 0 Å². The largest absolute Gasteiger partial charge is 0.371 e. The van der Waals surface area contributed by atoms with E-state index in [1.807, 2.05) is 11.9 Å². The van der Waals surface area contributed by atoms with Crippen LogP contribution in [0.2, 0.25) is 0 Å². The minimum absolute atomic E-state index is 0.115. The lowest BCUT2D eigenvalue weighted by Gasteiger charge is -2.54. The van der Waals surface area contributed by atoms with E-state index in [2.05, 4.69) is 34.5 Å². The summed E-state index contributed by atoms with van der Waals surface area (Å²) in [4.78, 5) is 17.3. The molecule has 6 rings (SSSR count). The van der Waals surface area contributed by atoms with Gasteiger partial charge in [0.1, 0.15) is 0 Å². The summed E-state index contributed by atoms with van der Waals surface area (Å²) in [6.45, 7) is 2.97. The number of nitrogens with one attached hydrogen (secondary N) is 1. The zero-order valence-corrected chi connectivity index (χ0v) is 16.6. The fourth-order valence-corrected chi connectivity index (χ4v) is 6.65. The molecular formula is C23H33N3O. The van der Waals surface area contributed by atoms with Gasteiger partial charge < -0.3 is 15.1 Å². The summed E-state index contributed by atoms with van der Waals surface area (Å²) in [5, 5.41) is 3.44. The molecule has 5 aliphatic rings. The third kappa shape index (κ3) is 3.32. The zero-order valence-electron chi connectivity index (χ0n) is 16.6. The molecule has 1 saturated heterocycles. The standard InChI is InChI=1S/C23H33N3O/c1-25(15-18-6-2-3-7-21(18)26-8-4-5-9-26)23(27)24-22-19-11-16-10-17(13-19)14-20(22)12-16/h2-3,6-7,16-17,19-20,22H,4-5,8-15H2,1H3,(H,24,27). The third-order valence-corrected chi connectivity index (χ3v) is 7.71. The highest BCUT2D eigenvalue weighted by Crippen LogP contribution is 2.53. The maximum absolute atomic E-state index is 13.0. The lowest BCUT2D eigenvalue weighted by Crippen LogP contribution is -2.57. The van der Waals surface area contributed by atoms with Crippen LogP contribution in [-0.4, -0.2) is 37.1 Å². The van der Waals surface area contributed by atoms with E-state index >= 15 is 0 Å². The first kappa shape index (κ1) is 17.4. The topological polar surface area (TPSA) is 35.6 Å². The maximum atomic E-state index is 13.0. The lowest BCUT2D eigenvalue weighted by molar-refractivity contribution is -0.0108. The average Bonchev–Trinajstić information content (AvgIpc) is 3.19. The SMILES string of the molecule is CN(Cc1ccccc1N1CCCC1)C(=O)NC1C2CC3CC(C2)CC1C3. The molecule has 1 aliphatic heterocycles. The van der Waals surface area contributed by atoms with Gasteiger partial charge in [-0.25, -0.2) is 4.79 Å². The molecule has 4 nitrogen and oxygen atoms in total. The molecule has 0 spiro atoms. The lowest BCUT2D eigenvalue weighted by atomic mass is 9.54. The van der Waals surface area contributed by atoms with Crippen LogP contribution in [0.4, 0.5) is 10.5 Å². The molecule has 27 heavy (non-hydrogen) atoms. The molecule has 5 fully saturated rings. The van der Waals surface area contributed by atoms with Crippen LogP contribution in [0.5, 0.6) is 0 Å². The average molecular weight is 368 g/mol. The van der Waals surface area contributed by atoms with Gasteiger partial charge in [-0.1, -0.05) is 18.2 Å². The quantitative estimate of drug-likeness (QED) is 0.863. The van der Waals surface area contributed by atoms with E-state index in [1.165, 1.54) is 56.2 Å². The Balaban J connectivity index is 1.24. The Morgan fingerprint density at radius 1 is 1.04 bits per heavy atom. The van der Waals surface area contributed by atoms with Crippen LogP contribution < -0.4 is 10.2 Å². The van der Waals surface area contributed by atoms with Crippen LogP contribution in [-0.2, 0) is 6.54 Å². The van der Waals surface area contributed by atoms with Gasteiger partial charge in [0, 0.05) is 38.4 Å². The summed E-state index contributed by atoms with van der Waals surface area (Å²) < 4.78 is 0. The first-order valence-electron chi connectivity index (χ1n) is 11.0. The van der Waals surface area contributed by atoms with Crippen LogP contribution in [0.1, 0.15) is 50.5 Å². The van der Waals surface area contributed by atoms with Gasteiger partial charge in [-0.3, -0.25) is 0 Å². The monoisotopic (exact) mass is 367 g/mol. The zero-order chi connectivity index (χ0) is 18.4. The van der Waals surface area contributed by atoms with Crippen molar-refractivity contribution >= 4 is 11.7 Å². The Morgan fingerprint density at radius 3 is 2.33 bits per heavy atom. The summed E-state index contributed by atoms with van der Waals surface area (Å²) in [7, 11) is 1.95. The van der Waals surface area contributed by atoms with Crippen molar-refractivity contribution in [3.8, 4) is 0 Å². The van der Waals surface area contributed by atoms with Crippen molar-refractivity contribution < 1.29 is 4.79 Å². The van der Waals surface area contributed by atoms with Gasteiger partial charge in [0.15, 0.2) is 0 Å². The number of nitrogens with zero attached hydrogens (tertiary/aromatic N) is 2. The normalized spacial score (nSPS) is 34.1. The van der Waals surface area contributed by atoms with Crippen LogP contribution in [0.15, 0.2) is 24.3 Å². The number of urea groups is 1. The number of benzene rings is 1. The van der Waals surface area contributed by atoms with Crippen molar-refractivity contribution in [3.05, 3.63) is 29.8 Å². The first-order chi connectivity index (χ1) is 13.2. The molecule has 2 amide bonds. The third-order valence-electron chi connectivity index (χ3n) is 7.71. The van der Waals surface area contributed by atoms with Crippen molar-refractivity contribution in [2.24, 2.45) is 23.7 Å². The minimum atomic E-state index is 0.115. The highest BCUT2D eigenvalue weighted by molar-refractivity contribution is 5.74. The molecule has 1 N–H and O–H groups in total. The summed E-state index contributed by atoms with van der Waals surface area (Å²) in [5.41, 5.74) is 2.58. The molecule has 1 aromatic carbocycles. The number of amides is 2. The summed E-state index contributed by atoms with van der Waals surface area (Å²) in [6.07, 6.45) is 9.40. The second-order valence-electron chi connectivity index (χ2n) is 9.58. The number of anilines is 1. The van der Waals surface area contributed by atoms with Crippen LogP contribution in [0.3, 0.4) is 0 Å². The first-order valence-corrected chi connectivity index (χ1v) is 11.0. The second kappa shape index (κ2) is 7.03. The minimum Gasteiger partial charge on any atom is -0.371 e. The van der Waals surface area contributed by atoms with Gasteiger partial charge in [-0.2, -0.15) is 0 Å². The highest BCUT2D eigenvalue weighted by atomic mass is 16.2. The highest BCUT2D eigenvalue weighted by Gasteiger charge is 2.48. The van der Waals surface area contributed by atoms with Gasteiger partial charge in [-0.15, -0.1) is 0 Å². The number of hydrogen-bond acceptors (Lipinski definition) is 2. The molecule has 4 bridgehead atoms. The van der Waals surface area contributed by atoms with Crippen LogP contribution >= 0.6 is 0 Å². The van der Waals surface area contributed by atoms with Gasteiger partial charge >= 0.3 is 6.03 Å². The molecule has 0 radical (unpaired) electrons. The summed E-state index contributed by atoms with van der Waals surface area (Å²) >= 11 is 0. The molecule has 4 saturated carbocycles. The van der Waals surface area contributed by atoms with Crippen molar-refractivity contribution in [1.29, 1.82) is 0 Å². The fraction of sp³-hybridized carbons (Fsp3) is 0.696. The van der Waals surface area contributed by atoms with E-state index < -0.39 is 0 Å². The number of carbonyl (C=O) groups excluding carboxylic acids is 1. The molecule has 1 aromatic rings. The molecule has 0 atom stereocenters. The molecule has 0 aromatic heterocycles. The Labute approximate surface area is 163 Å². The molecule has 146 valence electrons. The van der Waals surface area contributed by atoms with Crippen LogP contribution in [0, 0.1) is 23.7 Å². The van der Waals surface area contributed by atoms with E-state index in [-0.39, 0.29) is 6.03 Å². The second-order valence-corrected chi connectivity index (χ2v) is 9.58. The number of para-hydroxylation sites is 1. The van der Waals surface area contributed by atoms with Crippen molar-refractivity contribution in [3.63, 3.8) is 0 Å². The number of hydrogen-bond donors (Lipinski definition) is 1. The molecule has 1 heterocycles. The Morgan fingerprint density at radius 2 is 1.67 bits per heavy atom. The van der Waals surface area contributed by atoms with E-state index in [9.17, 15) is 4.79 Å². The summed E-state index contributed by atoms with van der Waals surface area (Å²) in [5.74, 6) is 3.36. The van der Waals surface area contributed by atoms with Crippen molar-refractivity contribution in [2.45, 2.75) is 57.5 Å². The van der Waals surface area contributed by atoms with E-state index in [1.54, 1.807) is 0 Å². The van der Waals surface area contributed by atoms with E-state index in [0.717, 1.165) is 36.8 Å². The van der Waals surface area contributed by atoms with Gasteiger partial charge in [0.25, 0.3) is 0 Å². The number of rotatable bonds is 4. The fourth-order valence-electron chi connectivity index (χ4n) is 6.65. The summed E-state index contributed by atoms with van der Waals surface area (Å²) in [6, 6.07) is 9.14. The predicted octanol–water partition coefficient (Wildman–Crippen LogP) is 4.25. The van der Waals surface area contributed by atoms with Gasteiger partial charge in [0.05, 0.1) is 0 Å². The maximum Gasteiger partial charge on any atom is 0.317 e. The van der Waals surface area contributed by atoms with E-state index in [0.29, 0.717) is 12.6 Å². The van der Waals surface area contributed by atoms with Gasteiger partial charge in [-0.05, 0) is 80.2 Å². The Kier molecular flexibility index (Phi) is 4.53. The van der Waals surface area contributed by atoms with Crippen LogP contribution in [0.25, 0.3) is 0 Å². The predicted molar refractivity (Wildman–Crippen MR) is 109 cm³/mol. The number of carbonyl (C=O) groups is 1. The molecular weight excluding hydrogens is 334 g/mol.